The fourth-order valence-corrected chi connectivity index (χ4v) is 6.92. The van der Waals surface area contributed by atoms with Crippen LogP contribution in [0.3, 0.4) is 0 Å². The van der Waals surface area contributed by atoms with Gasteiger partial charge >= 0.3 is 0 Å². The number of ketones is 1. The monoisotopic (exact) mass is 762 g/mol. The second kappa shape index (κ2) is 17.5. The lowest BCUT2D eigenvalue weighted by Crippen LogP contribution is -2.33. The molecule has 0 fully saturated rings. The first-order valence-corrected chi connectivity index (χ1v) is 16.8. The Kier molecular flexibility index (Phi) is 14.1. The lowest BCUT2D eigenvalue weighted by atomic mass is 10.0. The van der Waals surface area contributed by atoms with Crippen molar-refractivity contribution in [3.8, 4) is 6.07 Å². The first kappa shape index (κ1) is 37.1. The summed E-state index contributed by atoms with van der Waals surface area (Å²) in [5, 5.41) is 13.3. The van der Waals surface area contributed by atoms with Gasteiger partial charge in [-0.05, 0) is 43.0 Å². The normalized spacial score (nSPS) is 17.0. The number of allylic oxidation sites excluding steroid dienone is 1. The highest BCUT2D eigenvalue weighted by atomic mass is 127. The Balaban J connectivity index is 0.000000231. The molecule has 0 saturated heterocycles. The first-order valence-electron chi connectivity index (χ1n) is 14.7. The van der Waals surface area contributed by atoms with E-state index in [4.69, 9.17) is 10.00 Å². The van der Waals surface area contributed by atoms with Crippen LogP contribution in [0.4, 0.5) is 8.78 Å². The highest BCUT2D eigenvalue weighted by Gasteiger charge is 2.37. The summed E-state index contributed by atoms with van der Waals surface area (Å²) in [5.74, 6) is -1.18. The zero-order valence-corrected chi connectivity index (χ0v) is 29.3. The van der Waals surface area contributed by atoms with Crippen molar-refractivity contribution in [1.29, 1.82) is 5.26 Å². The van der Waals surface area contributed by atoms with Crippen LogP contribution in [0.25, 0.3) is 0 Å². The quantitative estimate of drug-likeness (QED) is 0.146. The van der Waals surface area contributed by atoms with Crippen LogP contribution in [0.2, 0.25) is 0 Å². The highest BCUT2D eigenvalue weighted by molar-refractivity contribution is 14.1. The van der Waals surface area contributed by atoms with Crippen LogP contribution in [-0.4, -0.2) is 62.2 Å². The summed E-state index contributed by atoms with van der Waals surface area (Å²) in [5.41, 5.74) is 2.68. The molecule has 0 N–H and O–H groups in total. The van der Waals surface area contributed by atoms with Gasteiger partial charge in [0.1, 0.15) is 11.5 Å². The predicted molar refractivity (Wildman–Crippen MR) is 183 cm³/mol. The number of alkyl halides is 1. The number of benzene rings is 2. The molecule has 2 aliphatic heterocycles. The first-order chi connectivity index (χ1) is 21.9. The van der Waals surface area contributed by atoms with Gasteiger partial charge in [0.2, 0.25) is 0 Å². The van der Waals surface area contributed by atoms with E-state index in [2.05, 4.69) is 54.5 Å². The SMILES string of the molecule is CC(=O)C1=CC2c3c(C#N)cnn3CCOC2S1.CC(C)C.CN(CC(I)Cc1ccc(F)c(F)c1)C(=O)c1ccccc1C=O. The molecule has 2 aliphatic rings. The molecule has 0 aliphatic carbocycles. The van der Waals surface area contributed by atoms with Crippen LogP contribution in [-0.2, 0) is 22.5 Å². The second-order valence-corrected chi connectivity index (χ2v) is 14.3. The number of aromatic nitrogens is 2. The van der Waals surface area contributed by atoms with Gasteiger partial charge in [-0.2, -0.15) is 10.4 Å². The number of halogens is 3. The van der Waals surface area contributed by atoms with E-state index in [1.807, 2.05) is 10.8 Å². The van der Waals surface area contributed by atoms with Crippen LogP contribution in [0.1, 0.15) is 71.1 Å². The standard InChI is InChI=1S/C18H16F2INO2.C12H11N3O2S.C4H10/c1-22(18(24)15-5-3-2-4-13(15)11-23)10-14(21)8-12-6-7-16(19)17(20)9-12;1-7(16)10-4-9-11-8(5-13)6-14-15(11)2-3-17-12(9)18-10;1-4(2)3/h2-7,9,11,14H,8,10H2,1H3;4,6,9,12H,2-3H2,1H3;4H,1-3H3. The number of hydrogen-bond acceptors (Lipinski definition) is 7. The summed E-state index contributed by atoms with van der Waals surface area (Å²) in [6.07, 6.45) is 4.65. The maximum atomic E-state index is 13.3. The third-order valence-corrected chi connectivity index (χ3v) is 8.87. The fourth-order valence-electron chi connectivity index (χ4n) is 4.66. The molecule has 3 atom stereocenters. The van der Waals surface area contributed by atoms with E-state index < -0.39 is 11.6 Å². The Labute approximate surface area is 286 Å². The molecule has 8 nitrogen and oxygen atoms in total. The number of carbonyl (C=O) groups is 3. The van der Waals surface area contributed by atoms with Gasteiger partial charge in [-0.3, -0.25) is 19.1 Å². The van der Waals surface area contributed by atoms with Gasteiger partial charge in [0.15, 0.2) is 23.7 Å². The fraction of sp³-hybridized carbons (Fsp3) is 0.382. The summed E-state index contributed by atoms with van der Waals surface area (Å²) in [6, 6.07) is 12.6. The Morgan fingerprint density at radius 3 is 2.54 bits per heavy atom. The van der Waals surface area contributed by atoms with Crippen molar-refractivity contribution >= 4 is 52.3 Å². The number of ether oxygens (including phenoxy) is 1. The zero-order valence-electron chi connectivity index (χ0n) is 26.4. The molecule has 0 bridgehead atoms. The number of thioether (sulfide) groups is 1. The molecule has 3 unspecified atom stereocenters. The minimum atomic E-state index is -0.875. The second-order valence-electron chi connectivity index (χ2n) is 11.4. The Bertz CT molecular complexity index is 1620. The summed E-state index contributed by atoms with van der Waals surface area (Å²) in [4.78, 5) is 37.2. The van der Waals surface area contributed by atoms with Gasteiger partial charge in [-0.15, -0.1) is 0 Å². The third kappa shape index (κ3) is 10.0. The molecular formula is C34H37F2IN4O4S. The summed E-state index contributed by atoms with van der Waals surface area (Å²) >= 11 is 3.61. The van der Waals surface area contributed by atoms with E-state index in [-0.39, 0.29) is 27.0 Å². The Morgan fingerprint density at radius 1 is 1.22 bits per heavy atom. The van der Waals surface area contributed by atoms with E-state index in [0.29, 0.717) is 59.6 Å². The molecule has 3 aromatic rings. The molecule has 1 aromatic heterocycles. The average Bonchev–Trinajstić information content (AvgIpc) is 3.58. The molecular weight excluding hydrogens is 725 g/mol. The molecule has 12 heteroatoms. The van der Waals surface area contributed by atoms with Gasteiger partial charge in [-0.25, -0.2) is 8.78 Å². The number of amides is 1. The molecule has 0 spiro atoms. The van der Waals surface area contributed by atoms with Crippen molar-refractivity contribution in [3.05, 3.63) is 99.2 Å². The zero-order chi connectivity index (χ0) is 34.0. The number of hydrogen-bond donors (Lipinski definition) is 0. The van der Waals surface area contributed by atoms with E-state index in [1.54, 1.807) is 44.4 Å². The van der Waals surface area contributed by atoms with Crippen LogP contribution >= 0.6 is 34.4 Å². The number of nitrogens with zero attached hydrogens (tertiary/aromatic N) is 4. The number of Topliss-reactive ketones (excluding diaryl/α,β-unsaturated/α-hetero) is 1. The average molecular weight is 763 g/mol. The van der Waals surface area contributed by atoms with Crippen LogP contribution in [0, 0.1) is 28.9 Å². The molecule has 0 saturated carbocycles. The minimum Gasteiger partial charge on any atom is -0.364 e. The molecule has 46 heavy (non-hydrogen) atoms. The van der Waals surface area contributed by atoms with Gasteiger partial charge in [-0.1, -0.05) is 85.5 Å². The maximum Gasteiger partial charge on any atom is 0.254 e. The molecule has 1 amide bonds. The lowest BCUT2D eigenvalue weighted by Gasteiger charge is -2.21. The molecule has 244 valence electrons. The third-order valence-electron chi connectivity index (χ3n) is 6.69. The van der Waals surface area contributed by atoms with Gasteiger partial charge < -0.3 is 9.64 Å². The summed E-state index contributed by atoms with van der Waals surface area (Å²) in [6.45, 7) is 9.67. The lowest BCUT2D eigenvalue weighted by molar-refractivity contribution is -0.112. The Morgan fingerprint density at radius 2 is 1.91 bits per heavy atom. The van der Waals surface area contributed by atoms with Crippen molar-refractivity contribution in [2.45, 2.75) is 55.9 Å². The van der Waals surface area contributed by atoms with Crippen molar-refractivity contribution < 1.29 is 27.9 Å². The smallest absolute Gasteiger partial charge is 0.254 e. The molecule has 0 radical (unpaired) electrons. The number of carbonyl (C=O) groups excluding carboxylic acids is 3. The Hall–Kier alpha value is -3.41. The molecule has 3 heterocycles. The predicted octanol–water partition coefficient (Wildman–Crippen LogP) is 6.97. The van der Waals surface area contributed by atoms with E-state index in [0.717, 1.165) is 17.7 Å². The number of fused-ring (bicyclic) bond motifs is 3. The molecule has 5 rings (SSSR count). The summed E-state index contributed by atoms with van der Waals surface area (Å²) in [7, 11) is 1.65. The minimum absolute atomic E-state index is 0.0183. The van der Waals surface area contributed by atoms with E-state index in [1.165, 1.54) is 28.8 Å². The number of nitriles is 1. The number of rotatable bonds is 7. The highest BCUT2D eigenvalue weighted by Crippen LogP contribution is 2.45. The van der Waals surface area contributed by atoms with Crippen molar-refractivity contribution in [2.75, 3.05) is 20.2 Å². The van der Waals surface area contributed by atoms with Gasteiger partial charge in [0.25, 0.3) is 5.91 Å². The van der Waals surface area contributed by atoms with Crippen LogP contribution < -0.4 is 0 Å². The van der Waals surface area contributed by atoms with Crippen molar-refractivity contribution in [1.82, 2.24) is 14.7 Å². The molecule has 2 aromatic carbocycles. The van der Waals surface area contributed by atoms with Gasteiger partial charge in [0.05, 0.1) is 42.1 Å². The van der Waals surface area contributed by atoms with E-state index >= 15 is 0 Å². The van der Waals surface area contributed by atoms with Gasteiger partial charge in [0, 0.05) is 28.0 Å². The van der Waals surface area contributed by atoms with Crippen molar-refractivity contribution in [2.24, 2.45) is 5.92 Å². The summed E-state index contributed by atoms with van der Waals surface area (Å²) < 4.78 is 33.8. The largest absolute Gasteiger partial charge is 0.364 e. The van der Waals surface area contributed by atoms with E-state index in [9.17, 15) is 23.2 Å². The van der Waals surface area contributed by atoms with Crippen LogP contribution in [0.5, 0.6) is 0 Å². The van der Waals surface area contributed by atoms with Crippen LogP contribution in [0.15, 0.2) is 59.6 Å². The topological polar surface area (TPSA) is 105 Å². The maximum absolute atomic E-state index is 13.3. The number of aldehydes is 1. The van der Waals surface area contributed by atoms with Crippen molar-refractivity contribution in [3.63, 3.8) is 0 Å².